The minimum Gasteiger partial charge on any atom is -0.472 e. The number of amides is 4. The van der Waals surface area contributed by atoms with Crippen LogP contribution in [0.4, 0.5) is 22.7 Å². The molecule has 0 aliphatic carbocycles. The van der Waals surface area contributed by atoms with Crippen LogP contribution in [0.5, 0.6) is 0 Å². The van der Waals surface area contributed by atoms with Crippen molar-refractivity contribution in [2.75, 3.05) is 21.3 Å². The average molecular weight is 1390 g/mol. The van der Waals surface area contributed by atoms with Gasteiger partial charge in [-0.15, -0.1) is 11.3 Å². The van der Waals surface area contributed by atoms with Crippen LogP contribution in [-0.2, 0) is 26.2 Å². The number of thiazole rings is 1. The maximum atomic E-state index is 12.6. The topological polar surface area (TPSA) is 253 Å². The number of aromatic nitrogens is 10. The molecule has 4 aromatic carbocycles. The zero-order valence-corrected chi connectivity index (χ0v) is 58.4. The minimum absolute atomic E-state index is 0.120. The maximum absolute atomic E-state index is 12.6. The van der Waals surface area contributed by atoms with Crippen LogP contribution in [-0.4, -0.2) is 72.0 Å². The Morgan fingerprint density at radius 1 is 0.388 bits per heavy atom. The predicted octanol–water partition coefficient (Wildman–Crippen LogP) is 17.1. The summed E-state index contributed by atoms with van der Waals surface area (Å²) in [6, 6.07) is 51.7. The molecule has 0 radical (unpaired) electrons. The third-order valence-corrected chi connectivity index (χ3v) is 18.2. The number of hydrogen-bond acceptors (Lipinski definition) is 14. The highest BCUT2D eigenvalue weighted by molar-refractivity contribution is 7.12. The fourth-order valence-corrected chi connectivity index (χ4v) is 12.6. The summed E-state index contributed by atoms with van der Waals surface area (Å²) in [5, 5.41) is 19.7. The van der Waals surface area contributed by atoms with Gasteiger partial charge in [-0.2, -0.15) is 0 Å². The van der Waals surface area contributed by atoms with Gasteiger partial charge in [-0.05, 0) is 131 Å². The maximum Gasteiger partial charge on any atom is 0.267 e. The van der Waals surface area contributed by atoms with Crippen LogP contribution in [0.3, 0.4) is 0 Å². The van der Waals surface area contributed by atoms with Crippen molar-refractivity contribution in [1.82, 2.24) is 48.3 Å². The van der Waals surface area contributed by atoms with Gasteiger partial charge in [-0.3, -0.25) is 39.1 Å². The molecular weight excluding hydrogens is 1310 g/mol. The standard InChI is InChI=1S/C21H19N3O2.C20H18N4O2.C20H18N4OS.C20H17N3O2/c1-14-7-8-16(11-22-14)12-24-13-19(18-5-3-4-6-20(18)24)23-21(25)17-9-10-26-15(17)2;1-13-7-8-15(9-21-13)10-24-11-18(16-5-3-4-6-19(16)24)22-20(25)17-12-26-23-14(17)2;1-13-7-8-15(9-21-13)10-24-11-17(16-5-3-4-6-18(16)24)23-20(25)19-14(2)22-12-26-19;1-14-6-7-15(10-21-14)11-23-12-18(17-4-2-3-5-19(17)23)22-20(24)16-8-9-25-13-16/h3-11,13H,12H2,1-2H3,(H,23,25);3-9,11-12H,10H2,1-2H3,(H,22,25);3-9,11-12H,10H2,1-2H3,(H,23,25);2-10,12-13H,11H2,1H3,(H,22,24). The van der Waals surface area contributed by atoms with Crippen molar-refractivity contribution in [3.8, 4) is 0 Å². The average Bonchev–Trinajstić information content (AvgIpc) is 1.67. The number of rotatable bonds is 16. The summed E-state index contributed by atoms with van der Waals surface area (Å²) >= 11 is 1.35. The van der Waals surface area contributed by atoms with Crippen LogP contribution in [0, 0.1) is 48.5 Å². The monoisotopic (exact) mass is 1380 g/mol. The van der Waals surface area contributed by atoms with Gasteiger partial charge in [-0.1, -0.05) is 102 Å². The zero-order valence-electron chi connectivity index (χ0n) is 57.6. The normalized spacial score (nSPS) is 11.0. The SMILES string of the molecule is Cc1ccc(Cn2cc(NC(=O)c3ccoc3)c3ccccc32)cn1.Cc1ccc(Cn2cc(NC(=O)c3ccoc3C)c3ccccc32)cn1.Cc1ccc(Cn2cc(NC(=O)c3conc3C)c3ccccc32)cn1.Cc1ccc(Cn2cc(NC(=O)c3scnc3C)c3ccccc32)cn1. The number of nitrogens with one attached hydrogen (secondary N) is 4. The van der Waals surface area contributed by atoms with E-state index in [-0.39, 0.29) is 23.6 Å². The molecule has 22 heteroatoms. The molecule has 103 heavy (non-hydrogen) atoms. The highest BCUT2D eigenvalue weighted by Gasteiger charge is 2.21. The highest BCUT2D eigenvalue weighted by Crippen LogP contribution is 2.32. The van der Waals surface area contributed by atoms with Gasteiger partial charge in [0, 0.05) is 120 Å². The van der Waals surface area contributed by atoms with Crippen LogP contribution < -0.4 is 21.3 Å². The van der Waals surface area contributed by atoms with Gasteiger partial charge in [0.05, 0.1) is 85.4 Å². The molecule has 4 amide bonds. The van der Waals surface area contributed by atoms with Gasteiger partial charge in [0.25, 0.3) is 23.6 Å². The predicted molar refractivity (Wildman–Crippen MR) is 402 cm³/mol. The third-order valence-electron chi connectivity index (χ3n) is 17.3. The molecule has 12 aromatic heterocycles. The van der Waals surface area contributed by atoms with Gasteiger partial charge in [-0.25, -0.2) is 4.98 Å². The Morgan fingerprint density at radius 2 is 0.767 bits per heavy atom. The number of aryl methyl sites for hydroxylation is 7. The van der Waals surface area contributed by atoms with E-state index in [0.29, 0.717) is 59.2 Å². The lowest BCUT2D eigenvalue weighted by Gasteiger charge is -2.05. The first kappa shape index (κ1) is 68.4. The highest BCUT2D eigenvalue weighted by atomic mass is 32.1. The lowest BCUT2D eigenvalue weighted by Crippen LogP contribution is -2.12. The molecule has 0 spiro atoms. The second-order valence-corrected chi connectivity index (χ2v) is 25.6. The first-order valence-electron chi connectivity index (χ1n) is 33.2. The summed E-state index contributed by atoms with van der Waals surface area (Å²) in [5.74, 6) is -0.102. The zero-order chi connectivity index (χ0) is 71.5. The molecule has 0 aliphatic heterocycles. The van der Waals surface area contributed by atoms with E-state index in [0.717, 1.165) is 117 Å². The van der Waals surface area contributed by atoms with Crippen LogP contribution in [0.25, 0.3) is 43.6 Å². The van der Waals surface area contributed by atoms with E-state index < -0.39 is 0 Å². The molecule has 0 fully saturated rings. The molecule has 4 N–H and O–H groups in total. The number of pyridine rings is 4. The molecular formula is C81H72N14O7S. The van der Waals surface area contributed by atoms with Gasteiger partial charge in [0.1, 0.15) is 28.7 Å². The number of para-hydroxylation sites is 4. The summed E-state index contributed by atoms with van der Waals surface area (Å²) in [5.41, 5.74) is 20.3. The number of carbonyl (C=O) groups excluding carboxylic acids is 4. The van der Waals surface area contributed by atoms with E-state index in [1.54, 1.807) is 31.5 Å². The Bertz CT molecular complexity index is 5220. The van der Waals surface area contributed by atoms with Crippen molar-refractivity contribution >= 4 is 101 Å². The van der Waals surface area contributed by atoms with Crippen LogP contribution in [0.15, 0.2) is 251 Å². The van der Waals surface area contributed by atoms with Crippen molar-refractivity contribution in [3.63, 3.8) is 0 Å². The number of furan rings is 2. The van der Waals surface area contributed by atoms with Gasteiger partial charge >= 0.3 is 0 Å². The van der Waals surface area contributed by atoms with Gasteiger partial charge in [0.2, 0.25) is 0 Å². The first-order valence-corrected chi connectivity index (χ1v) is 34.0. The summed E-state index contributed by atoms with van der Waals surface area (Å²) < 4.78 is 23.6. The van der Waals surface area contributed by atoms with E-state index in [4.69, 9.17) is 13.4 Å². The van der Waals surface area contributed by atoms with Crippen molar-refractivity contribution in [2.45, 2.75) is 74.6 Å². The molecule has 514 valence electrons. The molecule has 0 bridgehead atoms. The number of benzene rings is 4. The van der Waals surface area contributed by atoms with E-state index in [9.17, 15) is 19.2 Å². The number of carbonyl (C=O) groups is 4. The lowest BCUT2D eigenvalue weighted by molar-refractivity contribution is 0.101. The molecule has 12 heterocycles. The molecule has 16 rings (SSSR count). The van der Waals surface area contributed by atoms with Gasteiger partial charge in [0.15, 0.2) is 0 Å². The molecule has 0 saturated heterocycles. The number of nitrogens with zero attached hydrogens (tertiary/aromatic N) is 10. The molecule has 0 aliphatic rings. The van der Waals surface area contributed by atoms with E-state index in [1.807, 2.05) is 193 Å². The Hall–Kier alpha value is -13.1. The first-order chi connectivity index (χ1) is 50.0. The molecule has 21 nitrogen and oxygen atoms in total. The fraction of sp³-hybridized carbons (Fsp3) is 0.136. The summed E-state index contributed by atoms with van der Waals surface area (Å²) in [7, 11) is 0. The molecule has 0 unspecified atom stereocenters. The summed E-state index contributed by atoms with van der Waals surface area (Å²) in [6.07, 6.45) is 21.2. The summed E-state index contributed by atoms with van der Waals surface area (Å²) in [6.45, 7) is 16.0. The Kier molecular flexibility index (Phi) is 20.6. The minimum atomic E-state index is -0.233. The number of fused-ring (bicyclic) bond motifs is 4. The fourth-order valence-electron chi connectivity index (χ4n) is 11.9. The quantitative estimate of drug-likeness (QED) is 0.0703. The van der Waals surface area contributed by atoms with Crippen molar-refractivity contribution in [2.24, 2.45) is 0 Å². The van der Waals surface area contributed by atoms with Crippen molar-refractivity contribution < 1.29 is 32.5 Å². The van der Waals surface area contributed by atoms with E-state index in [2.05, 4.69) is 106 Å². The van der Waals surface area contributed by atoms with Crippen molar-refractivity contribution in [1.29, 1.82) is 0 Å². The third kappa shape index (κ3) is 16.2. The van der Waals surface area contributed by atoms with Gasteiger partial charge < -0.3 is 52.9 Å². The van der Waals surface area contributed by atoms with Crippen LogP contribution in [0.2, 0.25) is 0 Å². The van der Waals surface area contributed by atoms with Crippen LogP contribution in [0.1, 0.15) is 103 Å². The smallest absolute Gasteiger partial charge is 0.267 e. The van der Waals surface area contributed by atoms with E-state index >= 15 is 0 Å². The van der Waals surface area contributed by atoms with Crippen LogP contribution >= 0.6 is 11.3 Å². The number of anilines is 4. The number of hydrogen-bond donors (Lipinski definition) is 4. The Labute approximate surface area is 596 Å². The molecule has 16 aromatic rings. The Morgan fingerprint density at radius 3 is 1.09 bits per heavy atom. The largest absolute Gasteiger partial charge is 0.472 e. The second-order valence-electron chi connectivity index (χ2n) is 24.8. The Balaban J connectivity index is 0.000000122. The lowest BCUT2D eigenvalue weighted by atomic mass is 10.2. The van der Waals surface area contributed by atoms with Crippen molar-refractivity contribution in [3.05, 3.63) is 322 Å². The molecule has 0 atom stereocenters. The summed E-state index contributed by atoms with van der Waals surface area (Å²) in [4.78, 5) is 72.2. The second kappa shape index (κ2) is 31.0. The molecule has 0 saturated carbocycles. The van der Waals surface area contributed by atoms with E-state index in [1.165, 1.54) is 36.4 Å².